The summed E-state index contributed by atoms with van der Waals surface area (Å²) in [6.45, 7) is 1.89. The predicted octanol–water partition coefficient (Wildman–Crippen LogP) is 3.88. The first-order chi connectivity index (χ1) is 11.4. The van der Waals surface area contributed by atoms with E-state index in [1.165, 1.54) is 19.2 Å². The Kier molecular flexibility index (Phi) is 8.05. The average Bonchev–Trinajstić information content (AvgIpc) is 2.54. The lowest BCUT2D eigenvalue weighted by molar-refractivity contribution is -0.137. The van der Waals surface area contributed by atoms with E-state index in [9.17, 15) is 18.0 Å². The molecule has 0 bridgehead atoms. The summed E-state index contributed by atoms with van der Waals surface area (Å²) in [4.78, 5) is 13.1. The average molecular weight is 382 g/mol. The van der Waals surface area contributed by atoms with Crippen molar-refractivity contribution in [3.05, 3.63) is 41.7 Å². The molecule has 1 aromatic carbocycles. The van der Waals surface area contributed by atoms with Gasteiger partial charge in [0, 0.05) is 13.1 Å². The Hall–Kier alpha value is -1.93. The van der Waals surface area contributed by atoms with Crippen LogP contribution in [0.4, 0.5) is 18.0 Å². The number of methoxy groups -OCH3 is 1. The minimum atomic E-state index is -4.39. The van der Waals surface area contributed by atoms with Gasteiger partial charge in [-0.2, -0.15) is 13.2 Å². The molecule has 0 saturated carbocycles. The number of carbonyl (C=O) groups excluding carboxylic acids is 1. The minimum absolute atomic E-state index is 0. The molecular weight excluding hydrogens is 363 g/mol. The van der Waals surface area contributed by atoms with Crippen LogP contribution in [0.3, 0.4) is 0 Å². The van der Waals surface area contributed by atoms with Crippen LogP contribution in [0.5, 0.6) is 5.75 Å². The summed E-state index contributed by atoms with van der Waals surface area (Å²) in [6.07, 6.45) is -2.66. The number of ether oxygens (including phenoxy) is 3. The highest BCUT2D eigenvalue weighted by Gasteiger charge is 2.30. The highest BCUT2D eigenvalue weighted by Crippen LogP contribution is 2.31. The highest BCUT2D eigenvalue weighted by molar-refractivity contribution is 5.85. The number of alkyl halides is 3. The van der Waals surface area contributed by atoms with Crippen LogP contribution in [0, 0.1) is 0 Å². The van der Waals surface area contributed by atoms with Gasteiger partial charge in [0.1, 0.15) is 18.1 Å². The summed E-state index contributed by atoms with van der Waals surface area (Å²) >= 11 is 0. The molecule has 0 spiro atoms. The maximum atomic E-state index is 12.6. The Morgan fingerprint density at radius 1 is 1.32 bits per heavy atom. The summed E-state index contributed by atoms with van der Waals surface area (Å²) in [5.74, 6) is 0.663. The predicted molar refractivity (Wildman–Crippen MR) is 86.8 cm³/mol. The van der Waals surface area contributed by atoms with Crippen molar-refractivity contribution in [2.24, 2.45) is 0 Å². The van der Waals surface area contributed by atoms with E-state index in [2.05, 4.69) is 4.74 Å². The molecule has 0 aliphatic carbocycles. The zero-order valence-electron chi connectivity index (χ0n) is 13.5. The van der Waals surface area contributed by atoms with E-state index in [1.54, 1.807) is 6.08 Å². The normalized spacial score (nSPS) is 15.0. The summed E-state index contributed by atoms with van der Waals surface area (Å²) in [6, 6.07) is 4.77. The van der Waals surface area contributed by atoms with Gasteiger partial charge in [0.2, 0.25) is 0 Å². The van der Waals surface area contributed by atoms with Gasteiger partial charge < -0.3 is 14.2 Å². The van der Waals surface area contributed by atoms with E-state index in [-0.39, 0.29) is 24.8 Å². The van der Waals surface area contributed by atoms with Crippen molar-refractivity contribution in [1.82, 2.24) is 4.90 Å². The molecule has 0 saturated heterocycles. The Bertz CT molecular complexity index is 607. The third-order valence-corrected chi connectivity index (χ3v) is 3.42. The second-order valence-corrected chi connectivity index (χ2v) is 5.17. The largest absolute Gasteiger partial charge is 0.513 e. The van der Waals surface area contributed by atoms with Crippen molar-refractivity contribution in [2.75, 3.05) is 33.4 Å². The molecule has 0 unspecified atom stereocenters. The van der Waals surface area contributed by atoms with E-state index >= 15 is 0 Å². The van der Waals surface area contributed by atoms with Crippen LogP contribution >= 0.6 is 12.4 Å². The van der Waals surface area contributed by atoms with Gasteiger partial charge in [0.25, 0.3) is 0 Å². The molecule has 5 nitrogen and oxygen atoms in total. The Morgan fingerprint density at radius 2 is 2.08 bits per heavy atom. The van der Waals surface area contributed by atoms with E-state index in [0.29, 0.717) is 25.3 Å². The summed E-state index contributed by atoms with van der Waals surface area (Å²) in [7, 11) is 1.23. The Balaban J connectivity index is 0.00000312. The molecule has 0 atom stereocenters. The van der Waals surface area contributed by atoms with Crippen LogP contribution in [0.25, 0.3) is 0 Å². The van der Waals surface area contributed by atoms with Crippen molar-refractivity contribution in [1.29, 1.82) is 0 Å². The lowest BCUT2D eigenvalue weighted by atomic mass is 10.2. The van der Waals surface area contributed by atoms with Crippen LogP contribution < -0.4 is 4.74 Å². The van der Waals surface area contributed by atoms with Crippen LogP contribution in [0.15, 0.2) is 36.1 Å². The molecule has 9 heteroatoms. The molecule has 0 radical (unpaired) electrons. The molecular formula is C16H19ClF3NO4. The fraction of sp³-hybridized carbons (Fsp3) is 0.438. The molecule has 25 heavy (non-hydrogen) atoms. The quantitative estimate of drug-likeness (QED) is 0.724. The lowest BCUT2D eigenvalue weighted by Gasteiger charge is -2.26. The number of carbonyl (C=O) groups is 1. The summed E-state index contributed by atoms with van der Waals surface area (Å²) < 4.78 is 52.7. The van der Waals surface area contributed by atoms with E-state index in [4.69, 9.17) is 9.47 Å². The first kappa shape index (κ1) is 21.1. The zero-order chi connectivity index (χ0) is 17.6. The van der Waals surface area contributed by atoms with E-state index in [0.717, 1.165) is 18.7 Å². The van der Waals surface area contributed by atoms with Crippen molar-refractivity contribution >= 4 is 18.6 Å². The molecule has 1 aliphatic rings. The van der Waals surface area contributed by atoms with Gasteiger partial charge in [0.15, 0.2) is 0 Å². The number of nitrogens with zero attached hydrogens (tertiary/aromatic N) is 1. The second-order valence-electron chi connectivity index (χ2n) is 5.17. The molecule has 0 fully saturated rings. The molecule has 0 aromatic heterocycles. The standard InChI is InChI=1S/C16H18F3NO4.ClH/c1-22-15(21)24-14-6-3-7-20(11-14)8-9-23-13-5-2-4-12(10-13)16(17,18)19;/h2,4-6,10H,3,7-9,11H2,1H3;1H. The topological polar surface area (TPSA) is 48.0 Å². The van der Waals surface area contributed by atoms with Gasteiger partial charge >= 0.3 is 12.3 Å². The van der Waals surface area contributed by atoms with Crippen molar-refractivity contribution in [2.45, 2.75) is 12.6 Å². The Labute approximate surface area is 149 Å². The van der Waals surface area contributed by atoms with Crippen LogP contribution in [0.2, 0.25) is 0 Å². The third kappa shape index (κ3) is 6.83. The van der Waals surface area contributed by atoms with Crippen LogP contribution in [-0.4, -0.2) is 44.4 Å². The molecule has 2 rings (SSSR count). The molecule has 1 aliphatic heterocycles. The van der Waals surface area contributed by atoms with Gasteiger partial charge in [-0.25, -0.2) is 4.79 Å². The van der Waals surface area contributed by atoms with E-state index in [1.807, 2.05) is 4.90 Å². The van der Waals surface area contributed by atoms with Gasteiger partial charge in [0.05, 0.1) is 19.2 Å². The van der Waals surface area contributed by atoms with Gasteiger partial charge in [-0.1, -0.05) is 6.07 Å². The van der Waals surface area contributed by atoms with Gasteiger partial charge in [-0.3, -0.25) is 4.90 Å². The van der Waals surface area contributed by atoms with Crippen LogP contribution in [-0.2, 0) is 15.7 Å². The van der Waals surface area contributed by atoms with Gasteiger partial charge in [-0.15, -0.1) is 12.4 Å². The third-order valence-electron chi connectivity index (χ3n) is 3.42. The summed E-state index contributed by atoms with van der Waals surface area (Å²) in [5, 5.41) is 0. The van der Waals surface area contributed by atoms with Crippen molar-refractivity contribution in [3.63, 3.8) is 0 Å². The second kappa shape index (κ2) is 9.53. The SMILES string of the molecule is COC(=O)OC1=CCCN(CCOc2cccc(C(F)(F)F)c2)C1.Cl. The Morgan fingerprint density at radius 3 is 2.76 bits per heavy atom. The maximum Gasteiger partial charge on any atom is 0.513 e. The molecule has 0 amide bonds. The fourth-order valence-corrected chi connectivity index (χ4v) is 2.24. The number of hydrogen-bond acceptors (Lipinski definition) is 5. The van der Waals surface area contributed by atoms with Crippen molar-refractivity contribution in [3.8, 4) is 5.75 Å². The smallest absolute Gasteiger partial charge is 0.492 e. The minimum Gasteiger partial charge on any atom is -0.492 e. The highest BCUT2D eigenvalue weighted by atomic mass is 35.5. The van der Waals surface area contributed by atoms with Gasteiger partial charge in [-0.05, 0) is 30.7 Å². The van der Waals surface area contributed by atoms with Crippen LogP contribution in [0.1, 0.15) is 12.0 Å². The number of halogens is 4. The maximum absolute atomic E-state index is 12.6. The lowest BCUT2D eigenvalue weighted by Crippen LogP contribution is -2.34. The van der Waals surface area contributed by atoms with E-state index < -0.39 is 17.9 Å². The molecule has 0 N–H and O–H groups in total. The number of benzene rings is 1. The summed E-state index contributed by atoms with van der Waals surface area (Å²) in [5.41, 5.74) is -0.741. The number of rotatable bonds is 5. The molecule has 1 heterocycles. The molecule has 1 aromatic rings. The fourth-order valence-electron chi connectivity index (χ4n) is 2.24. The monoisotopic (exact) mass is 381 g/mol. The number of hydrogen-bond donors (Lipinski definition) is 0. The first-order valence-electron chi connectivity index (χ1n) is 7.36. The molecule has 140 valence electrons. The zero-order valence-corrected chi connectivity index (χ0v) is 14.4. The van der Waals surface area contributed by atoms with Crippen molar-refractivity contribution < 1.29 is 32.2 Å². The first-order valence-corrected chi connectivity index (χ1v) is 7.36.